The molecule has 0 aliphatic carbocycles. The molecule has 0 bridgehead atoms. The average Bonchev–Trinajstić information content (AvgIpc) is 3.43. The molecule has 1 atom stereocenters. The molecule has 2 heterocycles. The lowest BCUT2D eigenvalue weighted by Gasteiger charge is -2.21. The predicted octanol–water partition coefficient (Wildman–Crippen LogP) is 4.80. The van der Waals surface area contributed by atoms with Gasteiger partial charge in [-0.2, -0.15) is 0 Å². The van der Waals surface area contributed by atoms with Gasteiger partial charge in [0.05, 0.1) is 25.9 Å². The molecule has 0 saturated heterocycles. The normalized spacial score (nSPS) is 12.6. The zero-order chi connectivity index (χ0) is 21.5. The Morgan fingerprint density at radius 3 is 2.60 bits per heavy atom. The Morgan fingerprint density at radius 1 is 1.17 bits per heavy atom. The fourth-order valence-electron chi connectivity index (χ4n) is 2.96. The second-order valence-corrected chi connectivity index (χ2v) is 8.73. The summed E-state index contributed by atoms with van der Waals surface area (Å²) in [6.45, 7) is 3.42. The van der Waals surface area contributed by atoms with Crippen LogP contribution in [0.4, 0.5) is 0 Å². The highest BCUT2D eigenvalue weighted by Crippen LogP contribution is 2.27. The highest BCUT2D eigenvalue weighted by molar-refractivity contribution is 7.10. The first-order valence-corrected chi connectivity index (χ1v) is 11.4. The minimum atomic E-state index is 0.0187. The monoisotopic (exact) mass is 444 g/mol. The summed E-state index contributed by atoms with van der Waals surface area (Å²) < 4.78 is 10.6. The minimum Gasteiger partial charge on any atom is -0.497 e. The molecule has 0 aliphatic rings. The van der Waals surface area contributed by atoms with Crippen molar-refractivity contribution >= 4 is 28.6 Å². The molecule has 0 fully saturated rings. The Hall–Kier alpha value is -2.42. The minimum absolute atomic E-state index is 0.0187. The first-order valence-electron chi connectivity index (χ1n) is 9.64. The summed E-state index contributed by atoms with van der Waals surface area (Å²) in [5, 5.41) is 8.70. The summed E-state index contributed by atoms with van der Waals surface area (Å²) in [5.41, 5.74) is 3.41. The molecule has 0 saturated carbocycles. The van der Waals surface area contributed by atoms with Crippen molar-refractivity contribution in [2.45, 2.75) is 26.1 Å². The SMILES string of the molecule is CN=C(NCc1cc(-c2ccc(OC)cc2)cs1)N(C)Cc1csc(C(C)OC)n1. The van der Waals surface area contributed by atoms with E-state index in [0.717, 1.165) is 29.0 Å². The molecule has 30 heavy (non-hydrogen) atoms. The summed E-state index contributed by atoms with van der Waals surface area (Å²) in [5.74, 6) is 1.70. The van der Waals surface area contributed by atoms with E-state index in [2.05, 4.69) is 49.2 Å². The number of nitrogens with one attached hydrogen (secondary N) is 1. The number of hydrogen-bond donors (Lipinski definition) is 1. The summed E-state index contributed by atoms with van der Waals surface area (Å²) in [7, 11) is 7.20. The van der Waals surface area contributed by atoms with Crippen LogP contribution in [0.5, 0.6) is 5.75 Å². The van der Waals surface area contributed by atoms with Gasteiger partial charge in [0.25, 0.3) is 0 Å². The van der Waals surface area contributed by atoms with Gasteiger partial charge in [-0.05, 0) is 41.6 Å². The molecule has 1 aromatic carbocycles. The third-order valence-electron chi connectivity index (χ3n) is 4.74. The van der Waals surface area contributed by atoms with Gasteiger partial charge in [0, 0.05) is 31.5 Å². The van der Waals surface area contributed by atoms with Gasteiger partial charge in [-0.3, -0.25) is 4.99 Å². The van der Waals surface area contributed by atoms with Gasteiger partial charge in [0.15, 0.2) is 5.96 Å². The standard InChI is InChI=1S/C22H28N4O2S2/c1-15(27-4)21-25-18(14-30-21)12-26(3)22(23-2)24-11-20-10-17(13-29-20)16-6-8-19(28-5)9-7-16/h6-10,13-15H,11-12H2,1-5H3,(H,23,24). The Bertz CT molecular complexity index is 966. The van der Waals surface area contributed by atoms with Crippen molar-refractivity contribution in [2.24, 2.45) is 4.99 Å². The van der Waals surface area contributed by atoms with E-state index >= 15 is 0 Å². The van der Waals surface area contributed by atoms with Crippen LogP contribution >= 0.6 is 22.7 Å². The fourth-order valence-corrected chi connectivity index (χ4v) is 4.63. The number of aliphatic imine (C=N–C) groups is 1. The smallest absolute Gasteiger partial charge is 0.194 e. The molecular weight excluding hydrogens is 416 g/mol. The predicted molar refractivity (Wildman–Crippen MR) is 126 cm³/mol. The maximum absolute atomic E-state index is 5.35. The zero-order valence-electron chi connectivity index (χ0n) is 18.0. The van der Waals surface area contributed by atoms with E-state index in [0.29, 0.717) is 6.54 Å². The molecule has 8 heteroatoms. The molecular formula is C22H28N4O2S2. The second kappa shape index (κ2) is 10.6. The van der Waals surface area contributed by atoms with Crippen LogP contribution in [0.25, 0.3) is 11.1 Å². The van der Waals surface area contributed by atoms with Crippen LogP contribution in [-0.2, 0) is 17.8 Å². The summed E-state index contributed by atoms with van der Waals surface area (Å²) in [6.07, 6.45) is 0.0187. The lowest BCUT2D eigenvalue weighted by Crippen LogP contribution is -2.37. The molecule has 6 nitrogen and oxygen atoms in total. The van der Waals surface area contributed by atoms with E-state index in [1.807, 2.05) is 26.1 Å². The number of nitrogens with zero attached hydrogens (tertiary/aromatic N) is 3. The number of ether oxygens (including phenoxy) is 2. The van der Waals surface area contributed by atoms with Crippen molar-refractivity contribution in [3.8, 4) is 16.9 Å². The van der Waals surface area contributed by atoms with Crippen molar-refractivity contribution in [2.75, 3.05) is 28.3 Å². The van der Waals surface area contributed by atoms with Crippen molar-refractivity contribution in [3.05, 3.63) is 56.7 Å². The molecule has 2 aromatic heterocycles. The van der Waals surface area contributed by atoms with E-state index in [-0.39, 0.29) is 6.10 Å². The summed E-state index contributed by atoms with van der Waals surface area (Å²) >= 11 is 3.37. The average molecular weight is 445 g/mol. The van der Waals surface area contributed by atoms with Crippen molar-refractivity contribution in [3.63, 3.8) is 0 Å². The van der Waals surface area contributed by atoms with Gasteiger partial charge in [0.2, 0.25) is 0 Å². The van der Waals surface area contributed by atoms with Crippen molar-refractivity contribution in [1.82, 2.24) is 15.2 Å². The molecule has 0 amide bonds. The van der Waals surface area contributed by atoms with Crippen LogP contribution in [0.2, 0.25) is 0 Å². The first kappa shape index (κ1) is 22.3. The van der Waals surface area contributed by atoms with Crippen LogP contribution < -0.4 is 10.1 Å². The molecule has 1 unspecified atom stereocenters. The van der Waals surface area contributed by atoms with Gasteiger partial charge < -0.3 is 19.7 Å². The fraction of sp³-hybridized carbons (Fsp3) is 0.364. The number of aromatic nitrogens is 1. The third-order valence-corrected chi connectivity index (χ3v) is 6.73. The Labute approximate surface area is 186 Å². The Kier molecular flexibility index (Phi) is 7.84. The number of thiazole rings is 1. The molecule has 0 radical (unpaired) electrons. The van der Waals surface area contributed by atoms with Crippen LogP contribution in [0, 0.1) is 0 Å². The second-order valence-electron chi connectivity index (χ2n) is 6.84. The maximum Gasteiger partial charge on any atom is 0.194 e. The summed E-state index contributed by atoms with van der Waals surface area (Å²) in [4.78, 5) is 12.4. The maximum atomic E-state index is 5.35. The lowest BCUT2D eigenvalue weighted by molar-refractivity contribution is 0.119. The van der Waals surface area contributed by atoms with E-state index < -0.39 is 0 Å². The molecule has 0 aliphatic heterocycles. The topological polar surface area (TPSA) is 59.0 Å². The third kappa shape index (κ3) is 5.59. The Balaban J connectivity index is 1.57. The van der Waals surface area contributed by atoms with E-state index in [9.17, 15) is 0 Å². The van der Waals surface area contributed by atoms with E-state index in [1.54, 1.807) is 43.9 Å². The molecule has 0 spiro atoms. The molecule has 3 rings (SSSR count). The van der Waals surface area contributed by atoms with Crippen LogP contribution in [-0.4, -0.2) is 44.2 Å². The largest absolute Gasteiger partial charge is 0.497 e. The highest BCUT2D eigenvalue weighted by atomic mass is 32.1. The quantitative estimate of drug-likeness (QED) is 0.400. The summed E-state index contributed by atoms with van der Waals surface area (Å²) in [6, 6.07) is 10.3. The number of thiophene rings is 1. The first-order chi connectivity index (χ1) is 14.5. The van der Waals surface area contributed by atoms with Crippen LogP contribution in [0.1, 0.15) is 28.6 Å². The van der Waals surface area contributed by atoms with Crippen molar-refractivity contribution < 1.29 is 9.47 Å². The van der Waals surface area contributed by atoms with Crippen LogP contribution in [0.15, 0.2) is 46.1 Å². The molecule has 160 valence electrons. The van der Waals surface area contributed by atoms with Gasteiger partial charge in [-0.1, -0.05) is 12.1 Å². The highest BCUT2D eigenvalue weighted by Gasteiger charge is 2.13. The lowest BCUT2D eigenvalue weighted by atomic mass is 10.1. The number of rotatable bonds is 8. The Morgan fingerprint density at radius 2 is 1.93 bits per heavy atom. The van der Waals surface area contributed by atoms with E-state index in [1.165, 1.54) is 16.0 Å². The van der Waals surface area contributed by atoms with E-state index in [4.69, 9.17) is 9.47 Å². The van der Waals surface area contributed by atoms with Gasteiger partial charge in [-0.25, -0.2) is 4.98 Å². The molecule has 3 aromatic rings. The van der Waals surface area contributed by atoms with Gasteiger partial charge in [-0.15, -0.1) is 22.7 Å². The van der Waals surface area contributed by atoms with Gasteiger partial charge in [0.1, 0.15) is 16.9 Å². The van der Waals surface area contributed by atoms with Crippen molar-refractivity contribution in [1.29, 1.82) is 0 Å². The number of hydrogen-bond acceptors (Lipinski definition) is 6. The zero-order valence-corrected chi connectivity index (χ0v) is 19.6. The number of guanidine groups is 1. The molecule has 1 N–H and O–H groups in total. The van der Waals surface area contributed by atoms with Crippen LogP contribution in [0.3, 0.4) is 0 Å². The van der Waals surface area contributed by atoms with Gasteiger partial charge >= 0.3 is 0 Å². The number of methoxy groups -OCH3 is 2. The number of benzene rings is 1.